The fourth-order valence-corrected chi connectivity index (χ4v) is 3.95. The molecule has 0 saturated carbocycles. The van der Waals surface area contributed by atoms with E-state index < -0.39 is 12.7 Å². The largest absolute Gasteiger partial charge is 0.401 e. The lowest BCUT2D eigenvalue weighted by Gasteiger charge is -2.39. The average molecular weight is 548 g/mol. The third-order valence-electron chi connectivity index (χ3n) is 5.60. The van der Waals surface area contributed by atoms with Crippen molar-refractivity contribution in [2.45, 2.75) is 38.4 Å². The summed E-state index contributed by atoms with van der Waals surface area (Å²) in [6.07, 6.45) is -1.36. The second kappa shape index (κ2) is 12.9. The van der Waals surface area contributed by atoms with Crippen molar-refractivity contribution in [3.63, 3.8) is 0 Å². The standard InChI is InChI=1S/C19H35F3N6O.HI/c1-16(17(29)27-9-4-5-10-27)26-11-13-28(14-12-26)18(23-2)24-7-6-8-25(3)15-19(20,21)22;/h16H,4-15H2,1-3H3,(H,23,24);1H. The third-order valence-corrected chi connectivity index (χ3v) is 5.60. The predicted molar refractivity (Wildman–Crippen MR) is 123 cm³/mol. The van der Waals surface area contributed by atoms with Gasteiger partial charge in [-0.1, -0.05) is 0 Å². The second-order valence-electron chi connectivity index (χ2n) is 7.91. The molecule has 30 heavy (non-hydrogen) atoms. The number of nitrogens with one attached hydrogen (secondary N) is 1. The van der Waals surface area contributed by atoms with Gasteiger partial charge in [0.25, 0.3) is 0 Å². The van der Waals surface area contributed by atoms with Gasteiger partial charge in [-0.25, -0.2) is 0 Å². The van der Waals surface area contributed by atoms with Gasteiger partial charge in [0.1, 0.15) is 0 Å². The molecule has 0 aromatic carbocycles. The first-order chi connectivity index (χ1) is 13.7. The Kier molecular flexibility index (Phi) is 11.7. The van der Waals surface area contributed by atoms with E-state index in [4.69, 9.17) is 0 Å². The Morgan fingerprint density at radius 2 is 1.70 bits per heavy atom. The molecule has 11 heteroatoms. The third kappa shape index (κ3) is 8.74. The number of carbonyl (C=O) groups is 1. The molecule has 176 valence electrons. The molecule has 2 heterocycles. The van der Waals surface area contributed by atoms with Crippen LogP contribution in [-0.4, -0.2) is 117 Å². The summed E-state index contributed by atoms with van der Waals surface area (Å²) in [5.41, 5.74) is 0. The molecule has 2 saturated heterocycles. The van der Waals surface area contributed by atoms with Gasteiger partial charge < -0.3 is 15.1 Å². The summed E-state index contributed by atoms with van der Waals surface area (Å²) in [6, 6.07) is -0.102. The van der Waals surface area contributed by atoms with Crippen molar-refractivity contribution in [2.24, 2.45) is 4.99 Å². The molecule has 0 bridgehead atoms. The van der Waals surface area contributed by atoms with E-state index in [1.54, 1.807) is 7.05 Å². The van der Waals surface area contributed by atoms with Gasteiger partial charge in [-0.05, 0) is 39.8 Å². The normalized spacial score (nSPS) is 19.8. The van der Waals surface area contributed by atoms with Crippen molar-refractivity contribution in [3.05, 3.63) is 0 Å². The molecule has 0 spiro atoms. The highest BCUT2D eigenvalue weighted by atomic mass is 127. The number of amides is 1. The van der Waals surface area contributed by atoms with Crippen LogP contribution in [0.4, 0.5) is 13.2 Å². The first kappa shape index (κ1) is 27.2. The number of alkyl halides is 3. The van der Waals surface area contributed by atoms with Crippen LogP contribution in [0.3, 0.4) is 0 Å². The minimum Gasteiger partial charge on any atom is -0.356 e. The zero-order valence-electron chi connectivity index (χ0n) is 18.2. The van der Waals surface area contributed by atoms with Gasteiger partial charge in [-0.2, -0.15) is 13.2 Å². The molecular formula is C19H36F3IN6O. The molecule has 7 nitrogen and oxygen atoms in total. The highest BCUT2D eigenvalue weighted by Gasteiger charge is 2.31. The summed E-state index contributed by atoms with van der Waals surface area (Å²) in [4.78, 5) is 24.5. The summed E-state index contributed by atoms with van der Waals surface area (Å²) < 4.78 is 37.1. The number of piperazine rings is 1. The molecule has 1 amide bonds. The summed E-state index contributed by atoms with van der Waals surface area (Å²) in [7, 11) is 3.19. The molecule has 2 aliphatic heterocycles. The van der Waals surface area contributed by atoms with Crippen LogP contribution in [0.1, 0.15) is 26.2 Å². The molecule has 2 rings (SSSR count). The Bertz CT molecular complexity index is 549. The highest BCUT2D eigenvalue weighted by molar-refractivity contribution is 14.0. The molecule has 1 atom stereocenters. The van der Waals surface area contributed by atoms with Gasteiger partial charge in [0, 0.05) is 52.9 Å². The first-order valence-corrected chi connectivity index (χ1v) is 10.4. The topological polar surface area (TPSA) is 54.4 Å². The van der Waals surface area contributed by atoms with Gasteiger partial charge in [-0.3, -0.25) is 19.6 Å². The molecule has 1 N–H and O–H groups in total. The summed E-state index contributed by atoms with van der Waals surface area (Å²) in [6.45, 7) is 6.89. The predicted octanol–water partition coefficient (Wildman–Crippen LogP) is 1.69. The highest BCUT2D eigenvalue weighted by Crippen LogP contribution is 2.16. The van der Waals surface area contributed by atoms with Crippen LogP contribution < -0.4 is 5.32 Å². The Balaban J connectivity index is 0.00000450. The van der Waals surface area contributed by atoms with Crippen LogP contribution in [0.2, 0.25) is 0 Å². The van der Waals surface area contributed by atoms with E-state index in [0.717, 1.165) is 58.1 Å². The van der Waals surface area contributed by atoms with Gasteiger partial charge in [-0.15, -0.1) is 24.0 Å². The molecule has 2 fully saturated rings. The lowest BCUT2D eigenvalue weighted by atomic mass is 10.2. The van der Waals surface area contributed by atoms with Crippen LogP contribution in [0.5, 0.6) is 0 Å². The van der Waals surface area contributed by atoms with E-state index in [2.05, 4.69) is 20.1 Å². The van der Waals surface area contributed by atoms with Crippen LogP contribution in [0.25, 0.3) is 0 Å². The van der Waals surface area contributed by atoms with Crippen molar-refractivity contribution in [1.29, 1.82) is 0 Å². The Hall–Kier alpha value is -0.820. The van der Waals surface area contributed by atoms with Crippen LogP contribution in [0.15, 0.2) is 4.99 Å². The molecule has 1 unspecified atom stereocenters. The second-order valence-corrected chi connectivity index (χ2v) is 7.91. The number of carbonyl (C=O) groups excluding carboxylic acids is 1. The Labute approximate surface area is 195 Å². The summed E-state index contributed by atoms with van der Waals surface area (Å²) >= 11 is 0. The smallest absolute Gasteiger partial charge is 0.356 e. The molecular weight excluding hydrogens is 512 g/mol. The van der Waals surface area contributed by atoms with Crippen molar-refractivity contribution >= 4 is 35.8 Å². The SMILES string of the molecule is CN=C(NCCCN(C)CC(F)(F)F)N1CCN(C(C)C(=O)N2CCCC2)CC1.I. The molecule has 0 aromatic heterocycles. The number of hydrogen-bond acceptors (Lipinski definition) is 4. The Morgan fingerprint density at radius 1 is 1.10 bits per heavy atom. The summed E-state index contributed by atoms with van der Waals surface area (Å²) in [5.74, 6) is 0.989. The van der Waals surface area contributed by atoms with Crippen LogP contribution in [-0.2, 0) is 4.79 Å². The number of likely N-dealkylation sites (tertiary alicyclic amines) is 1. The fraction of sp³-hybridized carbons (Fsp3) is 0.895. The van der Waals surface area contributed by atoms with Crippen molar-refractivity contribution in [1.82, 2.24) is 24.9 Å². The van der Waals surface area contributed by atoms with Crippen molar-refractivity contribution in [3.8, 4) is 0 Å². The zero-order chi connectivity index (χ0) is 21.4. The maximum atomic E-state index is 12.6. The number of hydrogen-bond donors (Lipinski definition) is 1. The average Bonchev–Trinajstić information content (AvgIpc) is 3.20. The van der Waals surface area contributed by atoms with E-state index in [9.17, 15) is 18.0 Å². The zero-order valence-corrected chi connectivity index (χ0v) is 20.6. The quantitative estimate of drug-likeness (QED) is 0.227. The number of guanidine groups is 1. The van der Waals surface area contributed by atoms with Crippen LogP contribution in [0, 0.1) is 0 Å². The molecule has 0 radical (unpaired) electrons. The van der Waals surface area contributed by atoms with Gasteiger partial charge in [0.05, 0.1) is 12.6 Å². The molecule has 0 aliphatic carbocycles. The summed E-state index contributed by atoms with van der Waals surface area (Å²) in [5, 5.41) is 3.24. The lowest BCUT2D eigenvalue weighted by molar-refractivity contribution is -0.143. The maximum Gasteiger partial charge on any atom is 0.401 e. The van der Waals surface area contributed by atoms with Gasteiger partial charge in [0.2, 0.25) is 5.91 Å². The minimum absolute atomic E-state index is 0. The van der Waals surface area contributed by atoms with Crippen LogP contribution >= 0.6 is 24.0 Å². The maximum absolute atomic E-state index is 12.6. The minimum atomic E-state index is -4.16. The van der Waals surface area contributed by atoms with E-state index in [1.165, 1.54) is 11.9 Å². The molecule has 2 aliphatic rings. The fourth-order valence-electron chi connectivity index (χ4n) is 3.95. The number of halogens is 4. The first-order valence-electron chi connectivity index (χ1n) is 10.4. The van der Waals surface area contributed by atoms with E-state index in [-0.39, 0.29) is 35.9 Å². The van der Waals surface area contributed by atoms with E-state index >= 15 is 0 Å². The van der Waals surface area contributed by atoms with Gasteiger partial charge in [0.15, 0.2) is 5.96 Å². The lowest BCUT2D eigenvalue weighted by Crippen LogP contribution is -2.57. The van der Waals surface area contributed by atoms with Gasteiger partial charge >= 0.3 is 6.18 Å². The number of rotatable bonds is 7. The van der Waals surface area contributed by atoms with E-state index in [1.807, 2.05) is 11.8 Å². The van der Waals surface area contributed by atoms with Crippen molar-refractivity contribution in [2.75, 3.05) is 73.0 Å². The van der Waals surface area contributed by atoms with E-state index in [0.29, 0.717) is 19.5 Å². The molecule has 0 aromatic rings. The number of aliphatic imine (C=N–C) groups is 1. The van der Waals surface area contributed by atoms with Crippen molar-refractivity contribution < 1.29 is 18.0 Å². The Morgan fingerprint density at radius 3 is 2.23 bits per heavy atom. The monoisotopic (exact) mass is 548 g/mol. The number of nitrogens with zero attached hydrogens (tertiary/aromatic N) is 5.